The molecule has 1 aromatic rings. The van der Waals surface area contributed by atoms with Crippen molar-refractivity contribution in [2.75, 3.05) is 6.26 Å². The molecule has 0 aromatic carbocycles. The van der Waals surface area contributed by atoms with Gasteiger partial charge in [-0.2, -0.15) is 5.10 Å². The highest BCUT2D eigenvalue weighted by atomic mass is 32.8. The minimum atomic E-state index is 0.0203. The van der Waals surface area contributed by atoms with Crippen LogP contribution in [0.3, 0.4) is 0 Å². The highest BCUT2D eigenvalue weighted by Gasteiger charge is 1.99. The van der Waals surface area contributed by atoms with Crippen molar-refractivity contribution in [3.8, 4) is 0 Å². The monoisotopic (exact) mass is 188 g/mol. The van der Waals surface area contributed by atoms with E-state index in [1.165, 1.54) is 5.69 Å². The van der Waals surface area contributed by atoms with Crippen molar-refractivity contribution in [2.45, 2.75) is 19.7 Å². The summed E-state index contributed by atoms with van der Waals surface area (Å²) in [6.07, 6.45) is 2.05. The predicted octanol–water partition coefficient (Wildman–Crippen LogP) is 1.17. The Morgan fingerprint density at radius 3 is 2.64 bits per heavy atom. The second-order valence-electron chi connectivity index (χ2n) is 2.63. The van der Waals surface area contributed by atoms with Crippen LogP contribution in [0.5, 0.6) is 0 Å². The van der Waals surface area contributed by atoms with Crippen molar-refractivity contribution in [3.63, 3.8) is 0 Å². The topological polar surface area (TPSA) is 17.8 Å². The van der Waals surface area contributed by atoms with Crippen LogP contribution in [0, 0.1) is 13.8 Å². The van der Waals surface area contributed by atoms with E-state index in [0.29, 0.717) is 0 Å². The summed E-state index contributed by atoms with van der Waals surface area (Å²) >= 11 is 5.10. The van der Waals surface area contributed by atoms with Crippen LogP contribution in [0.2, 0.25) is 0 Å². The van der Waals surface area contributed by atoms with Gasteiger partial charge in [-0.25, -0.2) is 0 Å². The molecule has 1 heterocycles. The van der Waals surface area contributed by atoms with Crippen LogP contribution >= 0.6 is 0 Å². The summed E-state index contributed by atoms with van der Waals surface area (Å²) in [4.78, 5) is 0. The van der Waals surface area contributed by atoms with Gasteiger partial charge >= 0.3 is 0 Å². The quantitative estimate of drug-likeness (QED) is 0.693. The van der Waals surface area contributed by atoms with E-state index in [0.717, 1.165) is 11.6 Å². The Hall–Kier alpha value is -0.220. The molecule has 4 heteroatoms. The Balaban J connectivity index is 2.85. The van der Waals surface area contributed by atoms with E-state index >= 15 is 0 Å². The van der Waals surface area contributed by atoms with Gasteiger partial charge in [0.05, 0.1) is 11.6 Å². The molecule has 0 radical (unpaired) electrons. The molecular formula is C7H12N2S2. The Labute approximate surface area is 74.2 Å². The first kappa shape index (κ1) is 8.87. The summed E-state index contributed by atoms with van der Waals surface area (Å²) in [5.41, 5.74) is 2.27. The molecule has 0 bridgehead atoms. The average Bonchev–Trinajstić information content (AvgIpc) is 2.09. The Kier molecular flexibility index (Phi) is 2.78. The van der Waals surface area contributed by atoms with E-state index < -0.39 is 0 Å². The summed E-state index contributed by atoms with van der Waals surface area (Å²) in [7, 11) is 0.0203. The van der Waals surface area contributed by atoms with Crippen LogP contribution in [-0.2, 0) is 26.5 Å². The summed E-state index contributed by atoms with van der Waals surface area (Å²) in [5.74, 6) is 0.870. The van der Waals surface area contributed by atoms with Gasteiger partial charge in [-0.1, -0.05) is 11.2 Å². The van der Waals surface area contributed by atoms with E-state index in [2.05, 4.69) is 18.1 Å². The van der Waals surface area contributed by atoms with E-state index in [4.69, 9.17) is 11.2 Å². The molecule has 0 spiro atoms. The molecule has 1 aromatic heterocycles. The van der Waals surface area contributed by atoms with Crippen LogP contribution in [0.4, 0.5) is 0 Å². The zero-order valence-electron chi connectivity index (χ0n) is 7.00. The van der Waals surface area contributed by atoms with Gasteiger partial charge in [0.15, 0.2) is 0 Å². The smallest absolute Gasteiger partial charge is 0.0908 e. The third-order valence-electron chi connectivity index (χ3n) is 1.41. The maximum absolute atomic E-state index is 5.10. The predicted molar refractivity (Wildman–Crippen MR) is 52.4 cm³/mol. The van der Waals surface area contributed by atoms with Crippen molar-refractivity contribution in [1.29, 1.82) is 0 Å². The van der Waals surface area contributed by atoms with Gasteiger partial charge in [0.25, 0.3) is 0 Å². The lowest BCUT2D eigenvalue weighted by Crippen LogP contribution is -2.05. The molecule has 0 saturated heterocycles. The first-order valence-electron chi connectivity index (χ1n) is 3.40. The summed E-state index contributed by atoms with van der Waals surface area (Å²) in [6.45, 7) is 4.06. The van der Waals surface area contributed by atoms with E-state index in [-0.39, 0.29) is 9.45 Å². The minimum absolute atomic E-state index is 0.0203. The molecule has 0 amide bonds. The van der Waals surface area contributed by atoms with Crippen molar-refractivity contribution in [1.82, 2.24) is 9.78 Å². The number of hydrogen-bond donors (Lipinski definition) is 0. The highest BCUT2D eigenvalue weighted by Crippen LogP contribution is 2.01. The highest BCUT2D eigenvalue weighted by molar-refractivity contribution is 8.27. The fraction of sp³-hybridized carbons (Fsp3) is 0.571. The van der Waals surface area contributed by atoms with Gasteiger partial charge in [0, 0.05) is 5.69 Å². The van der Waals surface area contributed by atoms with Crippen LogP contribution < -0.4 is 0 Å². The molecule has 0 N–H and O–H groups in total. The molecule has 2 nitrogen and oxygen atoms in total. The zero-order chi connectivity index (χ0) is 8.43. The molecule has 0 aliphatic carbocycles. The molecule has 1 rings (SSSR count). The lowest BCUT2D eigenvalue weighted by atomic mass is 10.4. The normalized spacial score (nSPS) is 13.4. The molecule has 1 atom stereocenters. The molecule has 0 aliphatic rings. The third kappa shape index (κ3) is 2.38. The van der Waals surface area contributed by atoms with E-state index in [9.17, 15) is 0 Å². The molecule has 11 heavy (non-hydrogen) atoms. The third-order valence-corrected chi connectivity index (χ3v) is 2.33. The average molecular weight is 188 g/mol. The lowest BCUT2D eigenvalue weighted by molar-refractivity contribution is 0.716. The van der Waals surface area contributed by atoms with Crippen LogP contribution in [0.15, 0.2) is 6.07 Å². The van der Waals surface area contributed by atoms with Crippen LogP contribution in [0.1, 0.15) is 11.4 Å². The molecular weight excluding hydrogens is 176 g/mol. The second-order valence-corrected chi connectivity index (χ2v) is 5.74. The molecule has 62 valence electrons. The van der Waals surface area contributed by atoms with Gasteiger partial charge in [-0.3, -0.25) is 4.68 Å². The molecule has 0 saturated carbocycles. The minimum Gasteiger partial charge on any atom is -0.259 e. The largest absolute Gasteiger partial charge is 0.259 e. The maximum atomic E-state index is 5.10. The number of aryl methyl sites for hydroxylation is 2. The maximum Gasteiger partial charge on any atom is 0.0908 e. The fourth-order valence-electron chi connectivity index (χ4n) is 0.978. The zero-order valence-corrected chi connectivity index (χ0v) is 8.63. The molecule has 1 unspecified atom stereocenters. The van der Waals surface area contributed by atoms with Crippen molar-refractivity contribution in [2.24, 2.45) is 0 Å². The number of aromatic nitrogens is 2. The summed E-state index contributed by atoms with van der Waals surface area (Å²) in [5, 5.41) is 4.31. The lowest BCUT2D eigenvalue weighted by Gasteiger charge is -2.01. The van der Waals surface area contributed by atoms with E-state index in [1.54, 1.807) is 0 Å². The second kappa shape index (κ2) is 3.45. The van der Waals surface area contributed by atoms with Crippen LogP contribution in [-0.4, -0.2) is 16.0 Å². The van der Waals surface area contributed by atoms with E-state index in [1.807, 2.05) is 17.9 Å². The van der Waals surface area contributed by atoms with Gasteiger partial charge in [0.2, 0.25) is 0 Å². The Morgan fingerprint density at radius 2 is 2.27 bits per heavy atom. The first-order valence-corrected chi connectivity index (χ1v) is 6.13. The summed E-state index contributed by atoms with van der Waals surface area (Å²) < 4.78 is 1.98. The number of hydrogen-bond acceptors (Lipinski definition) is 2. The number of rotatable bonds is 2. The van der Waals surface area contributed by atoms with Gasteiger partial charge < -0.3 is 0 Å². The first-order chi connectivity index (χ1) is 5.09. The van der Waals surface area contributed by atoms with Crippen molar-refractivity contribution < 1.29 is 0 Å². The van der Waals surface area contributed by atoms with Gasteiger partial charge in [0.1, 0.15) is 0 Å². The van der Waals surface area contributed by atoms with Crippen molar-refractivity contribution in [3.05, 3.63) is 17.5 Å². The summed E-state index contributed by atoms with van der Waals surface area (Å²) in [6, 6.07) is 2.07. The molecule has 0 fully saturated rings. The van der Waals surface area contributed by atoms with Crippen molar-refractivity contribution >= 4 is 20.6 Å². The standard InChI is InChI=1S/C7H12N2S2/c1-6-4-7(2)9(8-6)5-11(3)10/h4H,5H2,1-3H3. The SMILES string of the molecule is Cc1cc(C)n(CS(C)=S)n1. The van der Waals surface area contributed by atoms with Gasteiger partial charge in [-0.05, 0) is 26.2 Å². The number of nitrogens with zero attached hydrogens (tertiary/aromatic N) is 2. The molecule has 0 aliphatic heterocycles. The Morgan fingerprint density at radius 1 is 1.64 bits per heavy atom. The van der Waals surface area contributed by atoms with Crippen LogP contribution in [0.25, 0.3) is 0 Å². The fourth-order valence-corrected chi connectivity index (χ4v) is 1.88. The van der Waals surface area contributed by atoms with Gasteiger partial charge in [-0.15, -0.1) is 9.45 Å². The Bertz CT molecular complexity index is 278.